The number of ether oxygens (including phenoxy) is 1. The van der Waals surface area contributed by atoms with Crippen molar-refractivity contribution in [1.82, 2.24) is 51.0 Å². The van der Waals surface area contributed by atoms with Crippen molar-refractivity contribution in [2.75, 3.05) is 27.2 Å². The summed E-state index contributed by atoms with van der Waals surface area (Å²) in [6, 6.07) is 29.0. The maximum atomic E-state index is 13.7. The summed E-state index contributed by atoms with van der Waals surface area (Å²) in [4.78, 5) is 98.2. The third-order valence-electron chi connectivity index (χ3n) is 12.1. The summed E-state index contributed by atoms with van der Waals surface area (Å²) in [5, 5.41) is 10.2. The van der Waals surface area contributed by atoms with Crippen molar-refractivity contribution in [2.24, 2.45) is 0 Å². The SMILES string of the molecule is CNC(=O)N[C@H](C(=O)C(=O)N1CCC[C@H]1c1ncc(-c2ccc(COCc3cccc(-c4cnc([C@@H]5CCCN5C(=O)C(=O)[C@H](NC(=O)NC)c5ccccc5)[nH]4)c3)cc2)[nH]1)c1ccccc1. The average molecular weight is 905 g/mol. The second kappa shape index (κ2) is 20.9. The number of benzene rings is 4. The van der Waals surface area contributed by atoms with Crippen LogP contribution in [-0.4, -0.2) is 92.4 Å². The first-order valence-corrected chi connectivity index (χ1v) is 22.2. The van der Waals surface area contributed by atoms with Crippen molar-refractivity contribution in [3.8, 4) is 22.5 Å². The zero-order chi connectivity index (χ0) is 46.9. The number of carbonyl (C=O) groups is 6. The summed E-state index contributed by atoms with van der Waals surface area (Å²) < 4.78 is 6.13. The van der Waals surface area contributed by atoms with Crippen molar-refractivity contribution < 1.29 is 33.5 Å². The molecule has 6 N–H and O–H groups in total. The van der Waals surface area contributed by atoms with Crippen LogP contribution in [0.5, 0.6) is 0 Å². The fourth-order valence-electron chi connectivity index (χ4n) is 8.62. The Kier molecular flexibility index (Phi) is 14.3. The molecule has 67 heavy (non-hydrogen) atoms. The number of H-pyrrole nitrogens is 2. The van der Waals surface area contributed by atoms with E-state index in [1.54, 1.807) is 73.1 Å². The van der Waals surface area contributed by atoms with Gasteiger partial charge in [-0.25, -0.2) is 19.6 Å². The van der Waals surface area contributed by atoms with Gasteiger partial charge in [-0.1, -0.05) is 103 Å². The van der Waals surface area contributed by atoms with E-state index >= 15 is 0 Å². The highest BCUT2D eigenvalue weighted by atomic mass is 16.5. The van der Waals surface area contributed by atoms with Gasteiger partial charge in [0.15, 0.2) is 0 Å². The van der Waals surface area contributed by atoms with Crippen molar-refractivity contribution in [2.45, 2.75) is 63.1 Å². The molecule has 2 aliphatic heterocycles. The summed E-state index contributed by atoms with van der Waals surface area (Å²) in [7, 11) is 2.90. The molecule has 4 heterocycles. The first-order valence-electron chi connectivity index (χ1n) is 22.2. The van der Waals surface area contributed by atoms with Gasteiger partial charge in [-0.3, -0.25) is 19.2 Å². The van der Waals surface area contributed by atoms with Gasteiger partial charge in [-0.15, -0.1) is 0 Å². The molecule has 344 valence electrons. The molecule has 0 saturated carbocycles. The molecule has 8 rings (SSSR count). The van der Waals surface area contributed by atoms with Crippen LogP contribution in [0.15, 0.2) is 122 Å². The van der Waals surface area contributed by atoms with E-state index in [0.29, 0.717) is 74.8 Å². The third-order valence-corrected chi connectivity index (χ3v) is 12.1. The second-order valence-corrected chi connectivity index (χ2v) is 16.4. The Morgan fingerprint density at radius 3 is 1.57 bits per heavy atom. The molecule has 4 aromatic carbocycles. The Hall–Kier alpha value is -7.92. The van der Waals surface area contributed by atoms with Crippen LogP contribution < -0.4 is 21.3 Å². The summed E-state index contributed by atoms with van der Waals surface area (Å²) in [5.41, 5.74) is 6.26. The number of hydrogen-bond acceptors (Lipinski definition) is 9. The number of carbonyl (C=O) groups excluding carboxylic acids is 6. The number of imidazole rings is 2. The zero-order valence-corrected chi connectivity index (χ0v) is 37.2. The highest BCUT2D eigenvalue weighted by molar-refractivity contribution is 6.39. The Labute approximate surface area is 387 Å². The quantitative estimate of drug-likeness (QED) is 0.0627. The maximum Gasteiger partial charge on any atom is 0.315 e. The first kappa shape index (κ1) is 45.6. The van der Waals surface area contributed by atoms with Crippen molar-refractivity contribution in [3.63, 3.8) is 0 Å². The van der Waals surface area contributed by atoms with E-state index in [1.165, 1.54) is 23.9 Å². The van der Waals surface area contributed by atoms with Gasteiger partial charge in [0.05, 0.1) is 49.1 Å². The lowest BCUT2D eigenvalue weighted by atomic mass is 10.0. The lowest BCUT2D eigenvalue weighted by Gasteiger charge is -2.25. The van der Waals surface area contributed by atoms with Gasteiger partial charge in [0.25, 0.3) is 11.8 Å². The van der Waals surface area contributed by atoms with Crippen LogP contribution in [0.3, 0.4) is 0 Å². The lowest BCUT2D eigenvalue weighted by Crippen LogP contribution is -2.46. The number of aromatic amines is 2. The summed E-state index contributed by atoms with van der Waals surface area (Å²) in [6.07, 6.45) is 6.11. The van der Waals surface area contributed by atoms with Gasteiger partial charge in [0.2, 0.25) is 11.6 Å². The van der Waals surface area contributed by atoms with Crippen LogP contribution in [0.25, 0.3) is 22.5 Å². The topological polar surface area (TPSA) is 224 Å². The Balaban J connectivity index is 0.857. The number of Topliss-reactive ketones (excluding diaryl/α,β-unsaturated/α-hetero) is 2. The molecule has 0 aliphatic carbocycles. The normalized spacial score (nSPS) is 16.5. The van der Waals surface area contributed by atoms with Gasteiger partial charge in [-0.05, 0) is 65.1 Å². The Bertz CT molecular complexity index is 2720. The molecule has 0 radical (unpaired) electrons. The monoisotopic (exact) mass is 904 g/mol. The fourth-order valence-corrected chi connectivity index (χ4v) is 8.62. The van der Waals surface area contributed by atoms with Crippen molar-refractivity contribution in [1.29, 1.82) is 0 Å². The number of likely N-dealkylation sites (tertiary alicyclic amines) is 2. The molecule has 2 saturated heterocycles. The highest BCUT2D eigenvalue weighted by Gasteiger charge is 2.40. The van der Waals surface area contributed by atoms with Crippen LogP contribution in [0.1, 0.15) is 83.8 Å². The van der Waals surface area contributed by atoms with Crippen molar-refractivity contribution in [3.05, 3.63) is 155 Å². The Morgan fingerprint density at radius 2 is 1.07 bits per heavy atom. The number of ketones is 2. The second-order valence-electron chi connectivity index (χ2n) is 16.4. The summed E-state index contributed by atoms with van der Waals surface area (Å²) >= 11 is 0. The standard InChI is InChI=1S/C50H52N10O7/c1-51-49(65)57-41(34-13-5-3-6-14-34)43(61)47(63)59-24-10-18-39(59)45-53-27-37(55-45)33-22-20-31(21-23-33)29-67-30-32-12-9-17-36(26-32)38-28-54-46(56-38)40-19-11-25-60(40)48(64)44(62)42(58-50(66)52-2)35-15-7-4-8-16-35/h3-9,12-17,20-23,26-28,39-42H,10-11,18-19,24-25,29-30H2,1-2H3,(H,53,55)(H,54,56)(H2,51,57,65)(H2,52,58,66)/t39-,40-,41-,42+/m0/s1. The minimum atomic E-state index is -1.14. The molecule has 6 amide bonds. The van der Waals surface area contributed by atoms with Crippen LogP contribution in [0, 0.1) is 0 Å². The van der Waals surface area contributed by atoms with E-state index in [2.05, 4.69) is 41.2 Å². The number of hydrogen-bond donors (Lipinski definition) is 6. The molecule has 4 atom stereocenters. The minimum Gasteiger partial charge on any atom is -0.372 e. The predicted octanol–water partition coefficient (Wildman–Crippen LogP) is 5.99. The molecule has 17 heteroatoms. The molecule has 2 aromatic heterocycles. The van der Waals surface area contributed by atoms with Gasteiger partial charge in [-0.2, -0.15) is 0 Å². The number of urea groups is 2. The molecule has 0 bridgehead atoms. The third kappa shape index (κ3) is 10.5. The smallest absolute Gasteiger partial charge is 0.315 e. The first-order chi connectivity index (χ1) is 32.6. The molecule has 2 aliphatic rings. The van der Waals surface area contributed by atoms with Crippen LogP contribution in [0.4, 0.5) is 9.59 Å². The van der Waals surface area contributed by atoms with Crippen LogP contribution in [-0.2, 0) is 37.1 Å². The average Bonchev–Trinajstić information content (AvgIpc) is 4.23. The summed E-state index contributed by atoms with van der Waals surface area (Å²) in [5.74, 6) is -1.65. The minimum absolute atomic E-state index is 0.354. The fraction of sp³-hybridized carbons (Fsp3) is 0.280. The van der Waals surface area contributed by atoms with Gasteiger partial charge >= 0.3 is 12.1 Å². The molecular weight excluding hydrogens is 853 g/mol. The zero-order valence-electron chi connectivity index (χ0n) is 37.2. The highest BCUT2D eigenvalue weighted by Crippen LogP contribution is 2.34. The van der Waals surface area contributed by atoms with Crippen molar-refractivity contribution >= 4 is 35.4 Å². The number of nitrogens with one attached hydrogen (secondary N) is 6. The number of amides is 6. The molecule has 0 spiro atoms. The van der Waals surface area contributed by atoms with Gasteiger partial charge in [0.1, 0.15) is 23.7 Å². The molecule has 0 unspecified atom stereocenters. The van der Waals surface area contributed by atoms with E-state index < -0.39 is 59.6 Å². The number of nitrogens with zero attached hydrogens (tertiary/aromatic N) is 4. The largest absolute Gasteiger partial charge is 0.372 e. The van der Waals surface area contributed by atoms with E-state index in [9.17, 15) is 28.8 Å². The molecule has 6 aromatic rings. The number of rotatable bonds is 16. The Morgan fingerprint density at radius 1 is 0.597 bits per heavy atom. The number of aromatic nitrogens is 4. The van der Waals surface area contributed by atoms with E-state index in [0.717, 1.165) is 33.6 Å². The van der Waals surface area contributed by atoms with E-state index in [4.69, 9.17) is 4.74 Å². The van der Waals surface area contributed by atoms with Gasteiger partial charge < -0.3 is 45.8 Å². The lowest BCUT2D eigenvalue weighted by molar-refractivity contribution is -0.146. The van der Waals surface area contributed by atoms with Crippen LogP contribution in [0.2, 0.25) is 0 Å². The maximum absolute atomic E-state index is 13.7. The van der Waals surface area contributed by atoms with E-state index in [1.807, 2.05) is 48.5 Å². The summed E-state index contributed by atoms with van der Waals surface area (Å²) in [6.45, 7) is 1.50. The molecule has 17 nitrogen and oxygen atoms in total. The molecular formula is C50H52N10O7. The molecule has 2 fully saturated rings. The van der Waals surface area contributed by atoms with E-state index in [-0.39, 0.29) is 0 Å². The predicted molar refractivity (Wildman–Crippen MR) is 247 cm³/mol. The van der Waals surface area contributed by atoms with Crippen LogP contribution >= 0.6 is 0 Å². The van der Waals surface area contributed by atoms with Gasteiger partial charge in [0, 0.05) is 27.2 Å².